The summed E-state index contributed by atoms with van der Waals surface area (Å²) in [5.41, 5.74) is 2.31. The lowest BCUT2D eigenvalue weighted by Gasteiger charge is -2.33. The van der Waals surface area contributed by atoms with Crippen LogP contribution in [0.4, 0.5) is 10.5 Å². The van der Waals surface area contributed by atoms with E-state index < -0.39 is 0 Å². The number of fused-ring (bicyclic) bond motifs is 1. The lowest BCUT2D eigenvalue weighted by molar-refractivity contribution is 0.137. The highest BCUT2D eigenvalue weighted by Crippen LogP contribution is 2.26. The van der Waals surface area contributed by atoms with Gasteiger partial charge in [0.1, 0.15) is 12.2 Å². The summed E-state index contributed by atoms with van der Waals surface area (Å²) < 4.78 is 10.6. The SMILES string of the molecule is O=C(NCC1CCN(c2ccc3ccc(=O)oc3c2)CC1)OCc1ccccc1. The molecule has 1 aromatic heterocycles. The first kappa shape index (κ1) is 19.1. The number of alkyl carbamates (subject to hydrolysis) is 1. The number of benzene rings is 2. The summed E-state index contributed by atoms with van der Waals surface area (Å²) in [4.78, 5) is 25.6. The Morgan fingerprint density at radius 1 is 1.07 bits per heavy atom. The lowest BCUT2D eigenvalue weighted by Crippen LogP contribution is -2.38. The molecule has 1 amide bonds. The van der Waals surface area contributed by atoms with Crippen molar-refractivity contribution in [3.05, 3.63) is 76.6 Å². The predicted molar refractivity (Wildman–Crippen MR) is 112 cm³/mol. The summed E-state index contributed by atoms with van der Waals surface area (Å²) in [6.07, 6.45) is 1.59. The Kier molecular flexibility index (Phi) is 5.79. The lowest BCUT2D eigenvalue weighted by atomic mass is 9.96. The molecule has 0 aliphatic carbocycles. The molecule has 6 heteroatoms. The van der Waals surface area contributed by atoms with E-state index in [1.807, 2.05) is 42.5 Å². The maximum Gasteiger partial charge on any atom is 0.407 e. The third-order valence-corrected chi connectivity index (χ3v) is 5.33. The van der Waals surface area contributed by atoms with Crippen LogP contribution in [0.2, 0.25) is 0 Å². The van der Waals surface area contributed by atoms with Crippen LogP contribution in [0.5, 0.6) is 0 Å². The summed E-state index contributed by atoms with van der Waals surface area (Å²) in [6.45, 7) is 2.69. The molecule has 29 heavy (non-hydrogen) atoms. The number of rotatable bonds is 5. The van der Waals surface area contributed by atoms with Gasteiger partial charge in [0.15, 0.2) is 0 Å². The molecule has 1 fully saturated rings. The van der Waals surface area contributed by atoms with E-state index in [2.05, 4.69) is 16.3 Å². The standard InChI is InChI=1S/C23H24N2O4/c26-22-9-7-19-6-8-20(14-21(19)29-22)25-12-10-17(11-13-25)15-24-23(27)28-16-18-4-2-1-3-5-18/h1-9,14,17H,10-13,15-16H2,(H,24,27). The molecule has 2 aromatic carbocycles. The van der Waals surface area contributed by atoms with Gasteiger partial charge in [-0.2, -0.15) is 0 Å². The Bertz CT molecular complexity index is 1020. The summed E-state index contributed by atoms with van der Waals surface area (Å²) >= 11 is 0. The van der Waals surface area contributed by atoms with E-state index in [9.17, 15) is 9.59 Å². The summed E-state index contributed by atoms with van der Waals surface area (Å²) in [5, 5.41) is 3.80. The minimum atomic E-state index is -0.374. The maximum atomic E-state index is 11.9. The molecule has 3 aromatic rings. The van der Waals surface area contributed by atoms with Crippen LogP contribution in [0.15, 0.2) is 69.9 Å². The van der Waals surface area contributed by atoms with Gasteiger partial charge < -0.3 is 19.4 Å². The maximum absolute atomic E-state index is 11.9. The largest absolute Gasteiger partial charge is 0.445 e. The fourth-order valence-corrected chi connectivity index (χ4v) is 3.64. The van der Waals surface area contributed by atoms with Crippen LogP contribution in [-0.4, -0.2) is 25.7 Å². The van der Waals surface area contributed by atoms with E-state index in [0.717, 1.165) is 42.6 Å². The van der Waals surface area contributed by atoms with Gasteiger partial charge in [0.05, 0.1) is 0 Å². The number of hydrogen-bond acceptors (Lipinski definition) is 5. The summed E-state index contributed by atoms with van der Waals surface area (Å²) in [5.74, 6) is 0.425. The predicted octanol–water partition coefficient (Wildman–Crippen LogP) is 3.94. The third-order valence-electron chi connectivity index (χ3n) is 5.33. The normalized spacial score (nSPS) is 14.7. The Labute approximate surface area is 169 Å². The molecule has 0 saturated carbocycles. The molecule has 2 heterocycles. The Balaban J connectivity index is 1.24. The molecular weight excluding hydrogens is 368 g/mol. The Morgan fingerprint density at radius 3 is 2.62 bits per heavy atom. The van der Waals surface area contributed by atoms with Gasteiger partial charge in [0.2, 0.25) is 0 Å². The third kappa shape index (κ3) is 4.96. The highest BCUT2D eigenvalue weighted by molar-refractivity contribution is 5.80. The molecule has 150 valence electrons. The van der Waals surface area contributed by atoms with Crippen LogP contribution in [0.1, 0.15) is 18.4 Å². The summed E-state index contributed by atoms with van der Waals surface area (Å²) in [7, 11) is 0. The molecule has 4 rings (SSSR count). The molecule has 0 spiro atoms. The Hall–Kier alpha value is -3.28. The number of ether oxygens (including phenoxy) is 1. The van der Waals surface area contributed by atoms with Crippen LogP contribution in [0.3, 0.4) is 0 Å². The zero-order valence-corrected chi connectivity index (χ0v) is 16.2. The van der Waals surface area contributed by atoms with Crippen molar-refractivity contribution in [2.24, 2.45) is 5.92 Å². The van der Waals surface area contributed by atoms with Gasteiger partial charge in [-0.15, -0.1) is 0 Å². The highest BCUT2D eigenvalue weighted by Gasteiger charge is 2.20. The fourth-order valence-electron chi connectivity index (χ4n) is 3.64. The van der Waals surface area contributed by atoms with Crippen molar-refractivity contribution >= 4 is 22.7 Å². The van der Waals surface area contributed by atoms with Crippen LogP contribution in [0, 0.1) is 5.92 Å². The zero-order chi connectivity index (χ0) is 20.1. The van der Waals surface area contributed by atoms with Crippen LogP contribution < -0.4 is 15.8 Å². The first-order valence-electron chi connectivity index (χ1n) is 9.91. The number of anilines is 1. The molecular formula is C23H24N2O4. The second-order valence-electron chi connectivity index (χ2n) is 7.35. The highest BCUT2D eigenvalue weighted by atomic mass is 16.5. The molecule has 1 N–H and O–H groups in total. The zero-order valence-electron chi connectivity index (χ0n) is 16.2. The van der Waals surface area contributed by atoms with Crippen LogP contribution in [-0.2, 0) is 11.3 Å². The molecule has 0 unspecified atom stereocenters. The van der Waals surface area contributed by atoms with Gasteiger partial charge in [0, 0.05) is 42.8 Å². The Morgan fingerprint density at radius 2 is 1.83 bits per heavy atom. The summed E-state index contributed by atoms with van der Waals surface area (Å²) in [6, 6.07) is 18.8. The minimum absolute atomic E-state index is 0.281. The number of nitrogens with one attached hydrogen (secondary N) is 1. The van der Waals surface area contributed by atoms with Crippen molar-refractivity contribution < 1.29 is 13.9 Å². The second-order valence-corrected chi connectivity index (χ2v) is 7.35. The van der Waals surface area contributed by atoms with Gasteiger partial charge in [-0.25, -0.2) is 9.59 Å². The van der Waals surface area contributed by atoms with Crippen molar-refractivity contribution in [2.75, 3.05) is 24.5 Å². The van der Waals surface area contributed by atoms with E-state index in [-0.39, 0.29) is 18.3 Å². The van der Waals surface area contributed by atoms with Gasteiger partial charge in [0.25, 0.3) is 0 Å². The number of nitrogens with zero attached hydrogens (tertiary/aromatic N) is 1. The van der Waals surface area contributed by atoms with Gasteiger partial charge in [-0.05, 0) is 42.5 Å². The van der Waals surface area contributed by atoms with Crippen LogP contribution >= 0.6 is 0 Å². The molecule has 0 bridgehead atoms. The average Bonchev–Trinajstić information content (AvgIpc) is 2.77. The number of amides is 1. The van der Waals surface area contributed by atoms with Crippen LogP contribution in [0.25, 0.3) is 11.0 Å². The van der Waals surface area contributed by atoms with Gasteiger partial charge in [-0.1, -0.05) is 30.3 Å². The average molecular weight is 392 g/mol. The fraction of sp³-hybridized carbons (Fsp3) is 0.304. The number of piperidine rings is 1. The topological polar surface area (TPSA) is 71.8 Å². The first-order valence-corrected chi connectivity index (χ1v) is 9.91. The number of carbonyl (C=O) groups excluding carboxylic acids is 1. The molecule has 1 saturated heterocycles. The van der Waals surface area contributed by atoms with E-state index in [1.165, 1.54) is 6.07 Å². The monoisotopic (exact) mass is 392 g/mol. The smallest absolute Gasteiger partial charge is 0.407 e. The quantitative estimate of drug-likeness (QED) is 0.666. The van der Waals surface area contributed by atoms with E-state index >= 15 is 0 Å². The molecule has 0 radical (unpaired) electrons. The van der Waals surface area contributed by atoms with Crippen molar-refractivity contribution in [3.63, 3.8) is 0 Å². The van der Waals surface area contributed by atoms with Gasteiger partial charge in [-0.3, -0.25) is 0 Å². The van der Waals surface area contributed by atoms with Crippen molar-refractivity contribution in [2.45, 2.75) is 19.4 Å². The molecule has 0 atom stereocenters. The second kappa shape index (κ2) is 8.82. The van der Waals surface area contributed by atoms with E-state index in [4.69, 9.17) is 9.15 Å². The molecule has 1 aliphatic rings. The number of carbonyl (C=O) groups is 1. The first-order chi connectivity index (χ1) is 14.2. The minimum Gasteiger partial charge on any atom is -0.445 e. The van der Waals surface area contributed by atoms with E-state index in [0.29, 0.717) is 18.0 Å². The number of hydrogen-bond donors (Lipinski definition) is 1. The van der Waals surface area contributed by atoms with Crippen molar-refractivity contribution in [1.29, 1.82) is 0 Å². The van der Waals surface area contributed by atoms with Crippen molar-refractivity contribution in [1.82, 2.24) is 5.32 Å². The van der Waals surface area contributed by atoms with E-state index in [1.54, 1.807) is 6.07 Å². The van der Waals surface area contributed by atoms with Crippen molar-refractivity contribution in [3.8, 4) is 0 Å². The van der Waals surface area contributed by atoms with Gasteiger partial charge >= 0.3 is 11.7 Å². The molecule has 1 aliphatic heterocycles. The molecule has 6 nitrogen and oxygen atoms in total.